The Morgan fingerprint density at radius 1 is 0.912 bits per heavy atom. The Hall–Kier alpha value is -3.64. The fourth-order valence-electron chi connectivity index (χ4n) is 3.92. The van der Waals surface area contributed by atoms with Crippen LogP contribution in [-0.2, 0) is 17.8 Å². The number of thiocarbonyl (C=S) groups is 1. The molecule has 34 heavy (non-hydrogen) atoms. The van der Waals surface area contributed by atoms with Gasteiger partial charge in [-0.2, -0.15) is 0 Å². The second kappa shape index (κ2) is 10.5. The van der Waals surface area contributed by atoms with Gasteiger partial charge in [0.15, 0.2) is 16.6 Å². The molecule has 1 aliphatic heterocycles. The predicted octanol–water partition coefficient (Wildman–Crippen LogP) is 5.83. The van der Waals surface area contributed by atoms with Crippen molar-refractivity contribution in [3.63, 3.8) is 0 Å². The SMILES string of the molecule is CCOc1cc(C=C2C(=O)N(Cc3ccccc3)C(=S)N2c2ccc(CC)cc2)ccc1OC. The van der Waals surface area contributed by atoms with Crippen molar-refractivity contribution in [1.29, 1.82) is 0 Å². The second-order valence-electron chi connectivity index (χ2n) is 7.89. The molecule has 1 amide bonds. The molecule has 0 radical (unpaired) electrons. The normalized spacial score (nSPS) is 14.7. The summed E-state index contributed by atoms with van der Waals surface area (Å²) in [6.07, 6.45) is 2.80. The number of hydrogen-bond donors (Lipinski definition) is 0. The lowest BCUT2D eigenvalue weighted by atomic mass is 10.1. The van der Waals surface area contributed by atoms with Crippen LogP contribution in [-0.4, -0.2) is 29.6 Å². The second-order valence-corrected chi connectivity index (χ2v) is 8.25. The van der Waals surface area contributed by atoms with Crippen LogP contribution >= 0.6 is 12.2 Å². The molecule has 0 bridgehead atoms. The summed E-state index contributed by atoms with van der Waals surface area (Å²) < 4.78 is 11.1. The van der Waals surface area contributed by atoms with E-state index in [4.69, 9.17) is 21.7 Å². The third kappa shape index (κ3) is 4.82. The van der Waals surface area contributed by atoms with Crippen LogP contribution in [0.3, 0.4) is 0 Å². The van der Waals surface area contributed by atoms with Gasteiger partial charge >= 0.3 is 0 Å². The van der Waals surface area contributed by atoms with E-state index in [1.165, 1.54) is 5.56 Å². The topological polar surface area (TPSA) is 42.0 Å². The van der Waals surface area contributed by atoms with Gasteiger partial charge in [-0.1, -0.05) is 55.5 Å². The molecule has 3 aromatic carbocycles. The molecule has 6 heteroatoms. The number of carbonyl (C=O) groups excluding carboxylic acids is 1. The maximum atomic E-state index is 13.6. The monoisotopic (exact) mass is 472 g/mol. The van der Waals surface area contributed by atoms with Crippen LogP contribution < -0.4 is 14.4 Å². The Bertz CT molecular complexity index is 1210. The lowest BCUT2D eigenvalue weighted by Crippen LogP contribution is -2.32. The molecule has 1 saturated heterocycles. The fraction of sp³-hybridized carbons (Fsp3) is 0.214. The average molecular weight is 473 g/mol. The van der Waals surface area contributed by atoms with Gasteiger partial charge < -0.3 is 9.47 Å². The first-order valence-electron chi connectivity index (χ1n) is 11.4. The van der Waals surface area contributed by atoms with Crippen molar-refractivity contribution in [3.05, 3.63) is 95.2 Å². The molecule has 0 unspecified atom stereocenters. The van der Waals surface area contributed by atoms with E-state index in [1.54, 1.807) is 12.0 Å². The van der Waals surface area contributed by atoms with Crippen LogP contribution in [0.5, 0.6) is 11.5 Å². The summed E-state index contributed by atoms with van der Waals surface area (Å²) in [6.45, 7) is 4.96. The number of nitrogens with zero attached hydrogens (tertiary/aromatic N) is 2. The fourth-order valence-corrected chi connectivity index (χ4v) is 4.27. The minimum Gasteiger partial charge on any atom is -0.493 e. The lowest BCUT2D eigenvalue weighted by Gasteiger charge is -2.21. The molecular weight excluding hydrogens is 444 g/mol. The molecule has 174 valence electrons. The molecule has 0 saturated carbocycles. The van der Waals surface area contributed by atoms with Gasteiger partial charge in [0, 0.05) is 5.69 Å². The van der Waals surface area contributed by atoms with Crippen LogP contribution in [0.4, 0.5) is 5.69 Å². The first-order chi connectivity index (χ1) is 16.5. The summed E-state index contributed by atoms with van der Waals surface area (Å²) in [5, 5.41) is 0.461. The number of anilines is 1. The Kier molecular flexibility index (Phi) is 7.28. The molecule has 0 aromatic heterocycles. The minimum absolute atomic E-state index is 0.137. The van der Waals surface area contributed by atoms with E-state index in [2.05, 4.69) is 19.1 Å². The highest BCUT2D eigenvalue weighted by Crippen LogP contribution is 2.34. The Morgan fingerprint density at radius 2 is 1.65 bits per heavy atom. The number of carbonyl (C=O) groups is 1. The van der Waals surface area contributed by atoms with Crippen molar-refractivity contribution in [2.45, 2.75) is 26.8 Å². The van der Waals surface area contributed by atoms with Crippen molar-refractivity contribution < 1.29 is 14.3 Å². The number of rotatable bonds is 8. The molecule has 0 atom stereocenters. The van der Waals surface area contributed by atoms with E-state index in [1.807, 2.05) is 78.6 Å². The Labute approximate surface area is 206 Å². The van der Waals surface area contributed by atoms with Gasteiger partial charge in [-0.25, -0.2) is 0 Å². The van der Waals surface area contributed by atoms with Gasteiger partial charge in [0.25, 0.3) is 5.91 Å². The van der Waals surface area contributed by atoms with Gasteiger partial charge in [-0.15, -0.1) is 0 Å². The lowest BCUT2D eigenvalue weighted by molar-refractivity contribution is -0.122. The van der Waals surface area contributed by atoms with Gasteiger partial charge in [-0.3, -0.25) is 14.6 Å². The summed E-state index contributed by atoms with van der Waals surface area (Å²) >= 11 is 5.83. The first-order valence-corrected chi connectivity index (χ1v) is 11.8. The summed E-state index contributed by atoms with van der Waals surface area (Å²) in [5.74, 6) is 1.14. The molecule has 1 heterocycles. The molecule has 5 nitrogen and oxygen atoms in total. The number of amides is 1. The van der Waals surface area contributed by atoms with Gasteiger partial charge in [0.05, 0.1) is 20.3 Å². The smallest absolute Gasteiger partial charge is 0.277 e. The maximum absolute atomic E-state index is 13.6. The molecule has 0 N–H and O–H groups in total. The number of hydrogen-bond acceptors (Lipinski definition) is 4. The maximum Gasteiger partial charge on any atom is 0.277 e. The van der Waals surface area contributed by atoms with E-state index >= 15 is 0 Å². The van der Waals surface area contributed by atoms with Crippen molar-refractivity contribution in [3.8, 4) is 11.5 Å². The highest BCUT2D eigenvalue weighted by Gasteiger charge is 2.38. The van der Waals surface area contributed by atoms with E-state index in [0.717, 1.165) is 23.2 Å². The van der Waals surface area contributed by atoms with Gasteiger partial charge in [0.2, 0.25) is 0 Å². The standard InChI is InChI=1S/C28H28N2O3S/c1-4-20-11-14-23(15-12-20)30-24(17-22-13-16-25(32-3)26(18-22)33-5-2)27(31)29(28(30)34)19-21-9-7-6-8-10-21/h6-18H,4-5,19H2,1-3H3. The van der Waals surface area contributed by atoms with Crippen molar-refractivity contribution >= 4 is 35.0 Å². The van der Waals surface area contributed by atoms with Gasteiger partial charge in [-0.05, 0) is 72.6 Å². The zero-order valence-corrected chi connectivity index (χ0v) is 20.5. The third-order valence-corrected chi connectivity index (χ3v) is 6.11. The summed E-state index contributed by atoms with van der Waals surface area (Å²) in [5.41, 5.74) is 4.42. The van der Waals surface area contributed by atoms with E-state index in [0.29, 0.717) is 35.5 Å². The van der Waals surface area contributed by atoms with Crippen molar-refractivity contribution in [2.75, 3.05) is 18.6 Å². The highest BCUT2D eigenvalue weighted by atomic mass is 32.1. The Morgan fingerprint density at radius 3 is 2.29 bits per heavy atom. The summed E-state index contributed by atoms with van der Waals surface area (Å²) in [6, 6.07) is 23.7. The number of aryl methyl sites for hydroxylation is 1. The summed E-state index contributed by atoms with van der Waals surface area (Å²) in [4.78, 5) is 17.1. The molecule has 3 aromatic rings. The molecule has 4 rings (SSSR count). The highest BCUT2D eigenvalue weighted by molar-refractivity contribution is 7.80. The largest absolute Gasteiger partial charge is 0.493 e. The third-order valence-electron chi connectivity index (χ3n) is 5.70. The zero-order valence-electron chi connectivity index (χ0n) is 19.7. The van der Waals surface area contributed by atoms with Crippen LogP contribution in [0, 0.1) is 0 Å². The summed E-state index contributed by atoms with van der Waals surface area (Å²) in [7, 11) is 1.61. The van der Waals surface area contributed by atoms with Crippen molar-refractivity contribution in [1.82, 2.24) is 4.90 Å². The van der Waals surface area contributed by atoms with E-state index in [-0.39, 0.29) is 5.91 Å². The number of methoxy groups -OCH3 is 1. The molecule has 0 spiro atoms. The minimum atomic E-state index is -0.137. The first kappa shape index (κ1) is 23.5. The molecule has 1 fully saturated rings. The quantitative estimate of drug-likeness (QED) is 0.305. The zero-order chi connectivity index (χ0) is 24.1. The van der Waals surface area contributed by atoms with Crippen LogP contribution in [0.15, 0.2) is 78.5 Å². The van der Waals surface area contributed by atoms with Crippen LogP contribution in [0.2, 0.25) is 0 Å². The number of benzene rings is 3. The predicted molar refractivity (Wildman–Crippen MR) is 140 cm³/mol. The molecule has 0 aliphatic carbocycles. The molecular formula is C28H28N2O3S. The Balaban J connectivity index is 1.77. The average Bonchev–Trinajstić information content (AvgIpc) is 3.09. The van der Waals surface area contributed by atoms with E-state index in [9.17, 15) is 4.79 Å². The molecule has 1 aliphatic rings. The van der Waals surface area contributed by atoms with E-state index < -0.39 is 0 Å². The van der Waals surface area contributed by atoms with Crippen LogP contribution in [0.1, 0.15) is 30.5 Å². The van der Waals surface area contributed by atoms with Gasteiger partial charge in [0.1, 0.15) is 5.70 Å². The number of ether oxygens (including phenoxy) is 2. The van der Waals surface area contributed by atoms with Crippen LogP contribution in [0.25, 0.3) is 6.08 Å². The van der Waals surface area contributed by atoms with Crippen molar-refractivity contribution in [2.24, 2.45) is 0 Å².